The fourth-order valence-electron chi connectivity index (χ4n) is 3.95. The second-order valence-electron chi connectivity index (χ2n) is 9.34. The molecule has 0 bridgehead atoms. The van der Waals surface area contributed by atoms with Gasteiger partial charge in [0.05, 0.1) is 23.1 Å². The number of benzene rings is 2. The summed E-state index contributed by atoms with van der Waals surface area (Å²) < 4.78 is 39.1. The van der Waals surface area contributed by atoms with Crippen molar-refractivity contribution < 1.29 is 27.8 Å². The van der Waals surface area contributed by atoms with Crippen molar-refractivity contribution in [3.05, 3.63) is 54.1 Å². The number of amides is 1. The SMILES string of the molecule is CC#CC[C@H](N)C(=O)N[C@@H](Cc1ccccc1)[C@H](O)CN(CC(C)C)S(=O)(=O)c1ccc2c(c1)OCO2. The molecule has 0 unspecified atom stereocenters. The highest BCUT2D eigenvalue weighted by atomic mass is 32.2. The number of nitrogens with zero attached hydrogens (tertiary/aromatic N) is 1. The molecule has 0 fully saturated rings. The third-order valence-electron chi connectivity index (χ3n) is 5.87. The molecule has 3 rings (SSSR count). The Balaban J connectivity index is 1.85. The average Bonchev–Trinajstić information content (AvgIpc) is 3.34. The first-order valence-electron chi connectivity index (χ1n) is 12.2. The lowest BCUT2D eigenvalue weighted by atomic mass is 10.00. The van der Waals surface area contributed by atoms with E-state index in [4.69, 9.17) is 15.2 Å². The molecule has 0 radical (unpaired) electrons. The van der Waals surface area contributed by atoms with Crippen LogP contribution >= 0.6 is 0 Å². The van der Waals surface area contributed by atoms with Gasteiger partial charge in [0.1, 0.15) is 0 Å². The Morgan fingerprint density at radius 1 is 1.14 bits per heavy atom. The summed E-state index contributed by atoms with van der Waals surface area (Å²) in [7, 11) is -3.99. The van der Waals surface area contributed by atoms with Gasteiger partial charge in [0.2, 0.25) is 22.7 Å². The second kappa shape index (κ2) is 12.9. The Hall–Kier alpha value is -3.10. The molecule has 2 aromatic carbocycles. The van der Waals surface area contributed by atoms with E-state index >= 15 is 0 Å². The van der Waals surface area contributed by atoms with Crippen molar-refractivity contribution in [1.29, 1.82) is 0 Å². The van der Waals surface area contributed by atoms with Gasteiger partial charge in [0, 0.05) is 25.6 Å². The van der Waals surface area contributed by atoms with Crippen LogP contribution in [0.5, 0.6) is 11.5 Å². The number of carbonyl (C=O) groups excluding carboxylic acids is 1. The lowest BCUT2D eigenvalue weighted by Crippen LogP contribution is -2.54. The number of rotatable bonds is 12. The Bertz CT molecular complexity index is 1220. The lowest BCUT2D eigenvalue weighted by Gasteiger charge is -2.31. The molecule has 4 N–H and O–H groups in total. The van der Waals surface area contributed by atoms with Gasteiger partial charge in [0.15, 0.2) is 11.5 Å². The van der Waals surface area contributed by atoms with Gasteiger partial charge >= 0.3 is 0 Å². The van der Waals surface area contributed by atoms with Crippen molar-refractivity contribution in [2.75, 3.05) is 19.9 Å². The van der Waals surface area contributed by atoms with Gasteiger partial charge in [-0.3, -0.25) is 4.79 Å². The molecule has 1 aliphatic heterocycles. The summed E-state index contributed by atoms with van der Waals surface area (Å²) in [5.41, 5.74) is 6.86. The molecule has 0 saturated carbocycles. The summed E-state index contributed by atoms with van der Waals surface area (Å²) in [5.74, 6) is 5.85. The molecule has 2 aromatic rings. The third kappa shape index (κ3) is 7.69. The molecule has 0 aliphatic carbocycles. The van der Waals surface area contributed by atoms with Gasteiger partial charge in [-0.15, -0.1) is 11.8 Å². The van der Waals surface area contributed by atoms with E-state index in [1.807, 2.05) is 44.2 Å². The van der Waals surface area contributed by atoms with Gasteiger partial charge in [-0.1, -0.05) is 44.2 Å². The zero-order valence-electron chi connectivity index (χ0n) is 21.4. The van der Waals surface area contributed by atoms with Crippen LogP contribution in [-0.4, -0.2) is 61.8 Å². The first-order chi connectivity index (χ1) is 17.6. The number of aliphatic hydroxyl groups excluding tert-OH is 1. The first-order valence-corrected chi connectivity index (χ1v) is 13.6. The van der Waals surface area contributed by atoms with Gasteiger partial charge < -0.3 is 25.6 Å². The summed E-state index contributed by atoms with van der Waals surface area (Å²) in [4.78, 5) is 12.8. The lowest BCUT2D eigenvalue weighted by molar-refractivity contribution is -0.123. The quantitative estimate of drug-likeness (QED) is 0.358. The Morgan fingerprint density at radius 2 is 1.84 bits per heavy atom. The van der Waals surface area contributed by atoms with Crippen molar-refractivity contribution in [3.8, 4) is 23.3 Å². The van der Waals surface area contributed by atoms with Crippen LogP contribution < -0.4 is 20.5 Å². The highest BCUT2D eigenvalue weighted by molar-refractivity contribution is 7.89. The van der Waals surface area contributed by atoms with Crippen molar-refractivity contribution in [2.45, 2.75) is 56.7 Å². The van der Waals surface area contributed by atoms with Crippen molar-refractivity contribution in [1.82, 2.24) is 9.62 Å². The molecule has 1 amide bonds. The average molecular weight is 530 g/mol. The normalized spacial score (nSPS) is 15.1. The predicted octanol–water partition coefficient (Wildman–Crippen LogP) is 1.89. The van der Waals surface area contributed by atoms with E-state index in [1.165, 1.54) is 16.4 Å². The van der Waals surface area contributed by atoms with E-state index in [9.17, 15) is 18.3 Å². The molecule has 0 saturated heterocycles. The fourth-order valence-corrected chi connectivity index (χ4v) is 5.58. The molecule has 200 valence electrons. The number of nitrogens with two attached hydrogens (primary N) is 1. The first kappa shape index (κ1) is 28.5. The number of nitrogens with one attached hydrogen (secondary N) is 1. The highest BCUT2D eigenvalue weighted by Crippen LogP contribution is 2.34. The fraction of sp³-hybridized carbons (Fsp3) is 0.444. The van der Waals surface area contributed by atoms with E-state index < -0.39 is 34.1 Å². The van der Waals surface area contributed by atoms with Gasteiger partial charge in [-0.2, -0.15) is 4.31 Å². The van der Waals surface area contributed by atoms with E-state index in [0.717, 1.165) is 5.56 Å². The number of hydrogen-bond donors (Lipinski definition) is 3. The molecule has 1 aliphatic rings. The Labute approximate surface area is 219 Å². The number of hydrogen-bond acceptors (Lipinski definition) is 7. The molecular formula is C27H35N3O6S. The van der Waals surface area contributed by atoms with Gasteiger partial charge in [0.25, 0.3) is 0 Å². The molecule has 1 heterocycles. The minimum atomic E-state index is -3.99. The summed E-state index contributed by atoms with van der Waals surface area (Å²) in [5, 5.41) is 14.1. The molecular weight excluding hydrogens is 494 g/mol. The van der Waals surface area contributed by atoms with Crippen LogP contribution in [-0.2, 0) is 21.2 Å². The number of fused-ring (bicyclic) bond motifs is 1. The van der Waals surface area contributed by atoms with Crippen LogP contribution in [0.2, 0.25) is 0 Å². The molecule has 3 atom stereocenters. The van der Waals surface area contributed by atoms with E-state index in [0.29, 0.717) is 17.9 Å². The summed E-state index contributed by atoms with van der Waals surface area (Å²) in [6, 6.07) is 12.1. The zero-order valence-corrected chi connectivity index (χ0v) is 22.2. The monoisotopic (exact) mass is 529 g/mol. The smallest absolute Gasteiger partial charge is 0.243 e. The molecule has 10 heteroatoms. The summed E-state index contributed by atoms with van der Waals surface area (Å²) in [6.07, 6.45) is -0.746. The minimum Gasteiger partial charge on any atom is -0.454 e. The molecule has 0 spiro atoms. The maximum absolute atomic E-state index is 13.6. The zero-order chi connectivity index (χ0) is 27.0. The largest absolute Gasteiger partial charge is 0.454 e. The third-order valence-corrected chi connectivity index (χ3v) is 7.69. The summed E-state index contributed by atoms with van der Waals surface area (Å²) >= 11 is 0. The number of sulfonamides is 1. The maximum atomic E-state index is 13.6. The van der Waals surface area contributed by atoms with E-state index in [2.05, 4.69) is 17.2 Å². The standard InChI is InChI=1S/C27H35N3O6S/c1-4-5-11-22(28)27(32)29-23(14-20-9-7-6-8-10-20)24(31)17-30(16-19(2)3)37(33,34)21-12-13-25-26(15-21)36-18-35-25/h6-10,12-13,15,19,22-24,31H,11,14,16-18,28H2,1-3H3,(H,29,32)/t22-,23-,24+/m0/s1. The Morgan fingerprint density at radius 3 is 2.51 bits per heavy atom. The van der Waals surface area contributed by atoms with Crippen LogP contribution in [0.25, 0.3) is 0 Å². The van der Waals surface area contributed by atoms with Crippen LogP contribution in [0.1, 0.15) is 32.8 Å². The van der Waals surface area contributed by atoms with E-state index in [1.54, 1.807) is 13.0 Å². The van der Waals surface area contributed by atoms with Crippen LogP contribution in [0, 0.1) is 17.8 Å². The molecule has 9 nitrogen and oxygen atoms in total. The molecule has 37 heavy (non-hydrogen) atoms. The number of ether oxygens (including phenoxy) is 2. The topological polar surface area (TPSA) is 131 Å². The van der Waals surface area contributed by atoms with Crippen LogP contribution in [0.15, 0.2) is 53.4 Å². The highest BCUT2D eigenvalue weighted by Gasteiger charge is 2.33. The van der Waals surface area contributed by atoms with Crippen molar-refractivity contribution in [3.63, 3.8) is 0 Å². The van der Waals surface area contributed by atoms with E-state index in [-0.39, 0.29) is 37.1 Å². The predicted molar refractivity (Wildman–Crippen MR) is 140 cm³/mol. The number of aliphatic hydroxyl groups is 1. The van der Waals surface area contributed by atoms with Gasteiger partial charge in [-0.05, 0) is 37.0 Å². The number of carbonyl (C=O) groups is 1. The van der Waals surface area contributed by atoms with Crippen molar-refractivity contribution in [2.24, 2.45) is 11.7 Å². The maximum Gasteiger partial charge on any atom is 0.243 e. The summed E-state index contributed by atoms with van der Waals surface area (Å²) in [6.45, 7) is 5.43. The molecule has 0 aromatic heterocycles. The van der Waals surface area contributed by atoms with Gasteiger partial charge in [-0.25, -0.2) is 8.42 Å². The minimum absolute atomic E-state index is 0.0146. The van der Waals surface area contributed by atoms with Crippen LogP contribution in [0.3, 0.4) is 0 Å². The second-order valence-corrected chi connectivity index (χ2v) is 11.3. The Kier molecular flexibility index (Phi) is 9.94. The van der Waals surface area contributed by atoms with Crippen LogP contribution in [0.4, 0.5) is 0 Å². The van der Waals surface area contributed by atoms with Crippen molar-refractivity contribution >= 4 is 15.9 Å².